The number of carbonyl (C=O) groups excluding carboxylic acids is 2. The van der Waals surface area contributed by atoms with Gasteiger partial charge >= 0.3 is 5.97 Å². The highest BCUT2D eigenvalue weighted by atomic mass is 35.5. The number of nitrogens with one attached hydrogen (secondary N) is 1. The molecule has 0 saturated heterocycles. The number of aromatic nitrogens is 2. The van der Waals surface area contributed by atoms with Gasteiger partial charge in [-0.2, -0.15) is 0 Å². The van der Waals surface area contributed by atoms with Crippen LogP contribution in [-0.2, 0) is 22.6 Å². The van der Waals surface area contributed by atoms with Crippen LogP contribution in [0.3, 0.4) is 0 Å². The van der Waals surface area contributed by atoms with Crippen LogP contribution in [0.2, 0.25) is 5.02 Å². The largest absolute Gasteiger partial charge is 0.497 e. The molecule has 2 N–H and O–H groups in total. The number of pyridine rings is 1. The lowest BCUT2D eigenvalue weighted by atomic mass is 10.1. The van der Waals surface area contributed by atoms with E-state index < -0.39 is 5.97 Å². The molecule has 0 atom stereocenters. The number of hydrogen-bond donors (Lipinski definition) is 2. The van der Waals surface area contributed by atoms with Crippen LogP contribution in [0.15, 0.2) is 66.9 Å². The summed E-state index contributed by atoms with van der Waals surface area (Å²) in [7, 11) is 1.58. The van der Waals surface area contributed by atoms with Gasteiger partial charge in [0.1, 0.15) is 5.75 Å². The van der Waals surface area contributed by atoms with Crippen LogP contribution < -0.4 is 10.1 Å². The maximum absolute atomic E-state index is 13.5. The predicted molar refractivity (Wildman–Crippen MR) is 167 cm³/mol. The van der Waals surface area contributed by atoms with E-state index in [0.29, 0.717) is 47.2 Å². The van der Waals surface area contributed by atoms with Crippen LogP contribution in [0.5, 0.6) is 5.75 Å². The van der Waals surface area contributed by atoms with Crippen molar-refractivity contribution in [2.45, 2.75) is 45.6 Å². The third kappa shape index (κ3) is 8.65. The number of aliphatic carboxylic acids is 1. The summed E-state index contributed by atoms with van der Waals surface area (Å²) in [6.45, 7) is 3.52. The highest BCUT2D eigenvalue weighted by Gasteiger charge is 2.22. The Balaban J connectivity index is 1.31. The van der Waals surface area contributed by atoms with E-state index in [-0.39, 0.29) is 24.8 Å². The molecule has 0 bridgehead atoms. The number of methoxy groups -OCH3 is 1. The number of carboxylic acids is 1. The maximum Gasteiger partial charge on any atom is 0.317 e. The summed E-state index contributed by atoms with van der Waals surface area (Å²) in [5.74, 6) is -0.526. The lowest BCUT2D eigenvalue weighted by Gasteiger charge is -2.19. The highest BCUT2D eigenvalue weighted by Crippen LogP contribution is 2.31. The molecule has 4 rings (SSSR count). The Morgan fingerprint density at radius 2 is 1.79 bits per heavy atom. The number of hydrogen-bond acceptors (Lipinski definition) is 6. The normalized spacial score (nSPS) is 11.2. The minimum Gasteiger partial charge on any atom is -0.497 e. The van der Waals surface area contributed by atoms with E-state index in [1.807, 2.05) is 42.2 Å². The minimum absolute atomic E-state index is 0.0281. The van der Waals surface area contributed by atoms with Gasteiger partial charge in [0.2, 0.25) is 5.91 Å². The molecule has 226 valence electrons. The number of benzene rings is 2. The van der Waals surface area contributed by atoms with Crippen LogP contribution >= 0.6 is 11.6 Å². The zero-order chi connectivity index (χ0) is 30.8. The number of unbranched alkanes of at least 4 members (excludes halogenated alkanes) is 3. The van der Waals surface area contributed by atoms with Crippen molar-refractivity contribution in [3.05, 3.63) is 94.4 Å². The van der Waals surface area contributed by atoms with Crippen LogP contribution in [0.25, 0.3) is 10.9 Å². The Morgan fingerprint density at radius 3 is 2.49 bits per heavy atom. The first-order chi connectivity index (χ1) is 20.8. The van der Waals surface area contributed by atoms with E-state index in [1.54, 1.807) is 48.2 Å². The Bertz CT molecular complexity index is 1550. The van der Waals surface area contributed by atoms with Crippen molar-refractivity contribution in [2.24, 2.45) is 0 Å². The van der Waals surface area contributed by atoms with Gasteiger partial charge in [0, 0.05) is 41.0 Å². The summed E-state index contributed by atoms with van der Waals surface area (Å²) in [6, 6.07) is 17.9. The molecule has 2 aromatic carbocycles. The quantitative estimate of drug-likeness (QED) is 0.172. The number of halogens is 1. The van der Waals surface area contributed by atoms with Crippen molar-refractivity contribution in [3.8, 4) is 5.75 Å². The van der Waals surface area contributed by atoms with Gasteiger partial charge in [-0.05, 0) is 86.5 Å². The standard InChI is InChI=1S/C33H37ClN4O5/c1-23-28(29-19-27(43-2)14-15-30(29)38(23)33(42)24-10-12-25(34)13-11-24)20-31(39)36-17-6-3-4-8-18-37(22-32(40)41)21-26-9-5-7-16-35-26/h5,7,9-16,19H,3-4,6,8,17-18,20-22H2,1-2H3,(H,36,39)(H,40,41). The Kier molecular flexibility index (Phi) is 11.3. The highest BCUT2D eigenvalue weighted by molar-refractivity contribution is 6.30. The summed E-state index contributed by atoms with van der Waals surface area (Å²) in [4.78, 5) is 43.9. The summed E-state index contributed by atoms with van der Waals surface area (Å²) >= 11 is 6.02. The summed E-state index contributed by atoms with van der Waals surface area (Å²) in [5.41, 5.74) is 3.53. The van der Waals surface area contributed by atoms with Gasteiger partial charge in [0.05, 0.1) is 31.3 Å². The van der Waals surface area contributed by atoms with Crippen molar-refractivity contribution >= 4 is 40.3 Å². The third-order valence-corrected chi connectivity index (χ3v) is 7.62. The molecule has 0 saturated carbocycles. The zero-order valence-corrected chi connectivity index (χ0v) is 25.3. The number of carbonyl (C=O) groups is 3. The molecule has 2 aromatic heterocycles. The second kappa shape index (κ2) is 15.3. The number of ether oxygens (including phenoxy) is 1. The van der Waals surface area contributed by atoms with Crippen molar-refractivity contribution in [1.82, 2.24) is 19.8 Å². The first-order valence-corrected chi connectivity index (χ1v) is 14.7. The fourth-order valence-electron chi connectivity index (χ4n) is 5.19. The van der Waals surface area contributed by atoms with Crippen LogP contribution in [0, 0.1) is 6.92 Å². The summed E-state index contributed by atoms with van der Waals surface area (Å²) < 4.78 is 7.06. The molecule has 1 amide bonds. The Hall–Kier alpha value is -4.21. The fraction of sp³-hybridized carbons (Fsp3) is 0.333. The van der Waals surface area contributed by atoms with Crippen molar-refractivity contribution < 1.29 is 24.2 Å². The van der Waals surface area contributed by atoms with Crippen LogP contribution in [-0.4, -0.2) is 64.1 Å². The molecule has 2 heterocycles. The Labute approximate surface area is 256 Å². The van der Waals surface area contributed by atoms with Gasteiger partial charge in [-0.25, -0.2) is 0 Å². The topological polar surface area (TPSA) is 114 Å². The summed E-state index contributed by atoms with van der Waals surface area (Å²) in [6.07, 6.45) is 5.35. The molecule has 10 heteroatoms. The smallest absolute Gasteiger partial charge is 0.317 e. The first-order valence-electron chi connectivity index (χ1n) is 14.4. The monoisotopic (exact) mass is 604 g/mol. The molecular weight excluding hydrogens is 568 g/mol. The molecule has 0 unspecified atom stereocenters. The second-order valence-electron chi connectivity index (χ2n) is 10.5. The molecule has 0 aliphatic heterocycles. The molecule has 43 heavy (non-hydrogen) atoms. The number of carboxylic acid groups (broad SMARTS) is 1. The van der Waals surface area contributed by atoms with Gasteiger partial charge in [-0.1, -0.05) is 30.5 Å². The molecule has 0 radical (unpaired) electrons. The molecule has 0 aliphatic rings. The number of amides is 1. The van der Waals surface area contributed by atoms with Crippen LogP contribution in [0.4, 0.5) is 0 Å². The summed E-state index contributed by atoms with van der Waals surface area (Å²) in [5, 5.41) is 13.6. The molecule has 0 spiro atoms. The molecular formula is C33H37ClN4O5. The number of rotatable bonds is 15. The molecule has 9 nitrogen and oxygen atoms in total. The number of nitrogens with zero attached hydrogens (tertiary/aromatic N) is 3. The van der Waals surface area contributed by atoms with Gasteiger partial charge in [-0.3, -0.25) is 28.8 Å². The van der Waals surface area contributed by atoms with Gasteiger partial charge in [0.15, 0.2) is 0 Å². The minimum atomic E-state index is -0.857. The SMILES string of the molecule is COc1ccc2c(c1)c(CC(=O)NCCCCCCN(CC(=O)O)Cc1ccccn1)c(C)n2C(=O)c1ccc(Cl)cc1. The molecule has 0 fully saturated rings. The maximum atomic E-state index is 13.5. The van der Waals surface area contributed by atoms with Crippen molar-refractivity contribution in [2.75, 3.05) is 26.7 Å². The van der Waals surface area contributed by atoms with Crippen LogP contribution in [0.1, 0.15) is 53.0 Å². The second-order valence-corrected chi connectivity index (χ2v) is 10.9. The van der Waals surface area contributed by atoms with Crippen molar-refractivity contribution in [3.63, 3.8) is 0 Å². The average Bonchev–Trinajstić information content (AvgIpc) is 3.26. The average molecular weight is 605 g/mol. The van der Waals surface area contributed by atoms with E-state index in [9.17, 15) is 19.5 Å². The van der Waals surface area contributed by atoms with Gasteiger partial charge in [-0.15, -0.1) is 0 Å². The van der Waals surface area contributed by atoms with Gasteiger partial charge in [0.25, 0.3) is 5.91 Å². The van der Waals surface area contributed by atoms with E-state index in [1.165, 1.54) is 0 Å². The lowest BCUT2D eigenvalue weighted by molar-refractivity contribution is -0.138. The third-order valence-electron chi connectivity index (χ3n) is 7.37. The van der Waals surface area contributed by atoms with E-state index >= 15 is 0 Å². The predicted octanol–water partition coefficient (Wildman–Crippen LogP) is 5.50. The van der Waals surface area contributed by atoms with E-state index in [2.05, 4.69) is 10.3 Å². The Morgan fingerprint density at radius 1 is 1.02 bits per heavy atom. The van der Waals surface area contributed by atoms with E-state index in [4.69, 9.17) is 16.3 Å². The fourth-order valence-corrected chi connectivity index (χ4v) is 5.31. The first kappa shape index (κ1) is 31.7. The van der Waals surface area contributed by atoms with E-state index in [0.717, 1.165) is 42.3 Å². The molecule has 0 aliphatic carbocycles. The number of fused-ring (bicyclic) bond motifs is 1. The lowest BCUT2D eigenvalue weighted by Crippen LogP contribution is -2.30. The van der Waals surface area contributed by atoms with Gasteiger partial charge < -0.3 is 15.2 Å². The zero-order valence-electron chi connectivity index (χ0n) is 24.5. The van der Waals surface area contributed by atoms with Crippen molar-refractivity contribution in [1.29, 1.82) is 0 Å². The molecule has 4 aromatic rings.